The van der Waals surface area contributed by atoms with Gasteiger partial charge in [0.25, 0.3) is 6.43 Å². The highest BCUT2D eigenvalue weighted by molar-refractivity contribution is 5.36. The van der Waals surface area contributed by atoms with Gasteiger partial charge in [0, 0.05) is 18.7 Å². The first-order valence-corrected chi connectivity index (χ1v) is 6.10. The van der Waals surface area contributed by atoms with Gasteiger partial charge in [-0.05, 0) is 6.07 Å². The fourth-order valence-corrected chi connectivity index (χ4v) is 2.09. The minimum absolute atomic E-state index is 0.143. The summed E-state index contributed by atoms with van der Waals surface area (Å²) in [7, 11) is 1.52. The monoisotopic (exact) mass is 274 g/mol. The maximum Gasteiger partial charge on any atom is 0.251 e. The summed E-state index contributed by atoms with van der Waals surface area (Å²) >= 11 is 0. The second kappa shape index (κ2) is 8.04. The van der Waals surface area contributed by atoms with E-state index in [1.165, 1.54) is 12.0 Å². The molecular formula is C13H20F2N2O2. The molecule has 0 bridgehead atoms. The summed E-state index contributed by atoms with van der Waals surface area (Å²) in [6, 6.07) is 6.76. The molecule has 0 aliphatic carbocycles. The first-order chi connectivity index (χ1) is 9.13. The number of methoxy groups -OCH3 is 1. The molecule has 1 unspecified atom stereocenters. The van der Waals surface area contributed by atoms with Crippen molar-refractivity contribution in [3.05, 3.63) is 29.8 Å². The summed E-state index contributed by atoms with van der Waals surface area (Å²) in [4.78, 5) is 1.47. The summed E-state index contributed by atoms with van der Waals surface area (Å²) in [5.41, 5.74) is 6.46. The van der Waals surface area contributed by atoms with Crippen LogP contribution >= 0.6 is 0 Å². The second-order valence-electron chi connectivity index (χ2n) is 4.10. The summed E-state index contributed by atoms with van der Waals surface area (Å²) < 4.78 is 30.4. The van der Waals surface area contributed by atoms with Crippen LogP contribution in [0.2, 0.25) is 0 Å². The van der Waals surface area contributed by atoms with Gasteiger partial charge >= 0.3 is 0 Å². The van der Waals surface area contributed by atoms with Crippen LogP contribution in [0.1, 0.15) is 11.6 Å². The third-order valence-corrected chi connectivity index (χ3v) is 2.92. The molecule has 0 radical (unpaired) electrons. The third-order valence-electron chi connectivity index (χ3n) is 2.92. The van der Waals surface area contributed by atoms with E-state index in [0.717, 1.165) is 5.56 Å². The number of benzene rings is 1. The van der Waals surface area contributed by atoms with Crippen molar-refractivity contribution in [2.45, 2.75) is 12.5 Å². The largest absolute Gasteiger partial charge is 0.496 e. The van der Waals surface area contributed by atoms with Crippen molar-refractivity contribution in [2.24, 2.45) is 5.73 Å². The van der Waals surface area contributed by atoms with E-state index in [-0.39, 0.29) is 19.7 Å². The highest BCUT2D eigenvalue weighted by Crippen LogP contribution is 2.28. The zero-order valence-corrected chi connectivity index (χ0v) is 10.9. The molecule has 0 aliphatic rings. The molecule has 0 saturated carbocycles. The number of ether oxygens (including phenoxy) is 1. The molecule has 1 aromatic carbocycles. The highest BCUT2D eigenvalue weighted by Gasteiger charge is 2.24. The Morgan fingerprint density at radius 2 is 2.05 bits per heavy atom. The van der Waals surface area contributed by atoms with Crippen molar-refractivity contribution < 1.29 is 18.6 Å². The fourth-order valence-electron chi connectivity index (χ4n) is 2.09. The van der Waals surface area contributed by atoms with E-state index < -0.39 is 19.0 Å². The Balaban J connectivity index is 3.00. The van der Waals surface area contributed by atoms with Crippen LogP contribution in [-0.2, 0) is 0 Å². The van der Waals surface area contributed by atoms with E-state index in [1.54, 1.807) is 24.3 Å². The van der Waals surface area contributed by atoms with Gasteiger partial charge in [0.05, 0.1) is 26.3 Å². The minimum atomic E-state index is -2.48. The number of rotatable bonds is 8. The summed E-state index contributed by atoms with van der Waals surface area (Å²) in [6.45, 7) is -0.309. The maximum absolute atomic E-state index is 12.6. The van der Waals surface area contributed by atoms with Crippen molar-refractivity contribution in [1.82, 2.24) is 4.90 Å². The van der Waals surface area contributed by atoms with Crippen LogP contribution in [0.15, 0.2) is 24.3 Å². The SMILES string of the molecule is COc1ccccc1C(CN)N(CCO)CC(F)F. The highest BCUT2D eigenvalue weighted by atomic mass is 19.3. The normalized spacial score (nSPS) is 13.0. The minimum Gasteiger partial charge on any atom is -0.496 e. The molecule has 108 valence electrons. The van der Waals surface area contributed by atoms with Gasteiger partial charge in [0.2, 0.25) is 0 Å². The van der Waals surface area contributed by atoms with E-state index in [9.17, 15) is 8.78 Å². The molecule has 0 saturated heterocycles. The van der Waals surface area contributed by atoms with E-state index in [1.807, 2.05) is 0 Å². The molecule has 0 fully saturated rings. The molecular weight excluding hydrogens is 254 g/mol. The topological polar surface area (TPSA) is 58.7 Å². The predicted molar refractivity (Wildman–Crippen MR) is 69.5 cm³/mol. The Kier molecular flexibility index (Phi) is 6.69. The fraction of sp³-hybridized carbons (Fsp3) is 0.538. The van der Waals surface area contributed by atoms with Crippen LogP contribution in [0.25, 0.3) is 0 Å². The van der Waals surface area contributed by atoms with Crippen LogP contribution in [0.3, 0.4) is 0 Å². The van der Waals surface area contributed by atoms with Gasteiger partial charge < -0.3 is 15.6 Å². The van der Waals surface area contributed by atoms with E-state index >= 15 is 0 Å². The Morgan fingerprint density at radius 3 is 2.58 bits per heavy atom. The lowest BCUT2D eigenvalue weighted by atomic mass is 10.0. The van der Waals surface area contributed by atoms with E-state index in [0.29, 0.717) is 5.75 Å². The van der Waals surface area contributed by atoms with Crippen LogP contribution in [-0.4, -0.2) is 49.8 Å². The Morgan fingerprint density at radius 1 is 1.37 bits per heavy atom. The molecule has 4 nitrogen and oxygen atoms in total. The van der Waals surface area contributed by atoms with E-state index in [2.05, 4.69) is 0 Å². The van der Waals surface area contributed by atoms with Crippen LogP contribution in [0.5, 0.6) is 5.75 Å². The molecule has 1 rings (SSSR count). The zero-order valence-electron chi connectivity index (χ0n) is 10.9. The third kappa shape index (κ3) is 4.41. The summed E-state index contributed by atoms with van der Waals surface area (Å²) in [6.07, 6.45) is -2.48. The number of aliphatic hydroxyl groups is 1. The number of alkyl halides is 2. The van der Waals surface area contributed by atoms with Gasteiger partial charge in [-0.2, -0.15) is 0 Å². The molecule has 0 heterocycles. The number of nitrogens with two attached hydrogens (primary N) is 1. The van der Waals surface area contributed by atoms with Crippen molar-refractivity contribution in [3.63, 3.8) is 0 Å². The Bertz CT molecular complexity index is 377. The number of nitrogens with zero attached hydrogens (tertiary/aromatic N) is 1. The van der Waals surface area contributed by atoms with Gasteiger partial charge in [0.1, 0.15) is 5.75 Å². The Labute approximate surface area is 111 Å². The summed E-state index contributed by atoms with van der Waals surface area (Å²) in [5, 5.41) is 9.01. The van der Waals surface area contributed by atoms with Crippen molar-refractivity contribution in [3.8, 4) is 5.75 Å². The molecule has 1 atom stereocenters. The predicted octanol–water partition coefficient (Wildman–Crippen LogP) is 1.25. The maximum atomic E-state index is 12.6. The number of para-hydroxylation sites is 1. The molecule has 19 heavy (non-hydrogen) atoms. The first-order valence-electron chi connectivity index (χ1n) is 6.10. The van der Waals surface area contributed by atoms with Crippen molar-refractivity contribution >= 4 is 0 Å². The van der Waals surface area contributed by atoms with Crippen molar-refractivity contribution in [2.75, 3.05) is 33.4 Å². The Hall–Kier alpha value is -1.24. The second-order valence-corrected chi connectivity index (χ2v) is 4.10. The van der Waals surface area contributed by atoms with Crippen LogP contribution in [0, 0.1) is 0 Å². The molecule has 6 heteroatoms. The van der Waals surface area contributed by atoms with E-state index in [4.69, 9.17) is 15.6 Å². The number of hydrogen-bond donors (Lipinski definition) is 2. The van der Waals surface area contributed by atoms with Gasteiger partial charge in [-0.25, -0.2) is 8.78 Å². The lowest BCUT2D eigenvalue weighted by Gasteiger charge is -2.31. The molecule has 0 aromatic heterocycles. The molecule has 0 aliphatic heterocycles. The van der Waals surface area contributed by atoms with Crippen molar-refractivity contribution in [1.29, 1.82) is 0 Å². The van der Waals surface area contributed by atoms with Gasteiger partial charge in [-0.3, -0.25) is 4.90 Å². The molecule has 1 aromatic rings. The van der Waals surface area contributed by atoms with Crippen LogP contribution < -0.4 is 10.5 Å². The number of halogens is 2. The zero-order chi connectivity index (χ0) is 14.3. The average Bonchev–Trinajstić information content (AvgIpc) is 2.39. The van der Waals surface area contributed by atoms with Gasteiger partial charge in [0.15, 0.2) is 0 Å². The number of aliphatic hydroxyl groups excluding tert-OH is 1. The van der Waals surface area contributed by atoms with Gasteiger partial charge in [-0.15, -0.1) is 0 Å². The number of hydrogen-bond acceptors (Lipinski definition) is 4. The quantitative estimate of drug-likeness (QED) is 0.749. The standard InChI is InChI=1S/C13H20F2N2O2/c1-19-12-5-3-2-4-10(12)11(8-16)17(6-7-18)9-13(14)15/h2-5,11,13,18H,6-9,16H2,1H3. The smallest absolute Gasteiger partial charge is 0.251 e. The molecule has 3 N–H and O–H groups in total. The lowest BCUT2D eigenvalue weighted by Crippen LogP contribution is -2.39. The van der Waals surface area contributed by atoms with Crippen LogP contribution in [0.4, 0.5) is 8.78 Å². The average molecular weight is 274 g/mol. The molecule has 0 amide bonds. The summed E-state index contributed by atoms with van der Waals surface area (Å²) in [5.74, 6) is 0.607. The first kappa shape index (κ1) is 15.8. The van der Waals surface area contributed by atoms with Gasteiger partial charge in [-0.1, -0.05) is 18.2 Å². The molecule has 0 spiro atoms. The lowest BCUT2D eigenvalue weighted by molar-refractivity contribution is 0.0556.